The molecule has 2 aliphatic rings. The Morgan fingerprint density at radius 1 is 1.00 bits per heavy atom. The minimum absolute atomic E-state index is 0.0105. The number of allylic oxidation sites excluding steroid dienone is 2. The maximum absolute atomic E-state index is 5.66. The maximum Gasteiger partial charge on any atom is 0.502 e. The van der Waals surface area contributed by atoms with Crippen molar-refractivity contribution in [1.82, 2.24) is 4.90 Å². The molecular weight excluding hydrogens is 270 g/mol. The Morgan fingerprint density at radius 2 is 1.65 bits per heavy atom. The van der Waals surface area contributed by atoms with Crippen molar-refractivity contribution in [2.24, 2.45) is 0 Å². The fraction of sp³-hybridized carbons (Fsp3) is 0.733. The predicted molar refractivity (Wildman–Crippen MR) is 82.6 cm³/mol. The van der Waals surface area contributed by atoms with Crippen molar-refractivity contribution in [3.8, 4) is 0 Å². The van der Waals surface area contributed by atoms with Crippen LogP contribution >= 0.6 is 0 Å². The van der Waals surface area contributed by atoms with Gasteiger partial charge in [0.05, 0.1) is 0 Å². The number of nitrogens with zero attached hydrogens (tertiary/aromatic N) is 1. The van der Waals surface area contributed by atoms with Gasteiger partial charge in [0.1, 0.15) is 0 Å². The third kappa shape index (κ3) is 3.23. The Balaban J connectivity index is 2.22. The van der Waals surface area contributed by atoms with Gasteiger partial charge in [-0.25, -0.2) is 0 Å². The lowest BCUT2D eigenvalue weighted by Gasteiger charge is -2.47. The van der Waals surface area contributed by atoms with Crippen LogP contribution in [0.3, 0.4) is 0 Å². The summed E-state index contributed by atoms with van der Waals surface area (Å²) in [5, 5.41) is 0. The minimum atomic E-state index is -2.59. The normalized spacial score (nSPS) is 27.9. The molecule has 4 nitrogen and oxygen atoms in total. The molecule has 0 spiro atoms. The lowest BCUT2D eigenvalue weighted by molar-refractivity contribution is 0.0740. The van der Waals surface area contributed by atoms with Crippen LogP contribution in [0, 0.1) is 0 Å². The number of likely N-dealkylation sites (tertiary alicyclic amines) is 1. The molecule has 1 aliphatic heterocycles. The molecule has 0 aromatic rings. The highest BCUT2D eigenvalue weighted by atomic mass is 28.4. The van der Waals surface area contributed by atoms with Gasteiger partial charge in [-0.05, 0) is 32.4 Å². The van der Waals surface area contributed by atoms with Gasteiger partial charge < -0.3 is 13.3 Å². The van der Waals surface area contributed by atoms with Crippen molar-refractivity contribution in [2.75, 3.05) is 34.4 Å². The van der Waals surface area contributed by atoms with Crippen LogP contribution in [0.15, 0.2) is 24.3 Å². The number of rotatable bonds is 6. The Morgan fingerprint density at radius 3 is 2.15 bits per heavy atom. The molecule has 1 unspecified atom stereocenters. The Kier molecular flexibility index (Phi) is 5.57. The van der Waals surface area contributed by atoms with Crippen LogP contribution in [0.4, 0.5) is 0 Å². The molecule has 1 saturated heterocycles. The zero-order chi connectivity index (χ0) is 14.5. The van der Waals surface area contributed by atoms with E-state index in [0.29, 0.717) is 0 Å². The van der Waals surface area contributed by atoms with Gasteiger partial charge in [0.25, 0.3) is 0 Å². The Labute approximate surface area is 123 Å². The van der Waals surface area contributed by atoms with Crippen LogP contribution < -0.4 is 0 Å². The Hall–Kier alpha value is -0.463. The summed E-state index contributed by atoms with van der Waals surface area (Å²) < 4.78 is 17.0. The monoisotopic (exact) mass is 297 g/mol. The molecule has 0 amide bonds. The van der Waals surface area contributed by atoms with Gasteiger partial charge in [-0.2, -0.15) is 0 Å². The molecule has 0 bridgehead atoms. The van der Waals surface area contributed by atoms with Crippen molar-refractivity contribution >= 4 is 8.80 Å². The van der Waals surface area contributed by atoms with Gasteiger partial charge in [0.2, 0.25) is 0 Å². The van der Waals surface area contributed by atoms with E-state index >= 15 is 0 Å². The largest absolute Gasteiger partial charge is 0.502 e. The molecule has 0 aromatic heterocycles. The molecule has 0 radical (unpaired) electrons. The van der Waals surface area contributed by atoms with Gasteiger partial charge in [0.15, 0.2) is 0 Å². The molecule has 1 atom stereocenters. The fourth-order valence-corrected chi connectivity index (χ4v) is 5.48. The molecule has 1 heterocycles. The average molecular weight is 297 g/mol. The van der Waals surface area contributed by atoms with Crippen molar-refractivity contribution in [2.45, 2.75) is 37.3 Å². The standard InChI is InChI=1S/C15H27NO3Si/c1-17-20(18-2,19-3)14-15(10-6-4-7-11-15)16-12-8-5-9-13-16/h4,6-7,10H,5,8-9,11-14H2,1-3H3. The van der Waals surface area contributed by atoms with Crippen LogP contribution in [0.25, 0.3) is 0 Å². The molecule has 2 rings (SSSR count). The first-order chi connectivity index (χ1) is 9.70. The third-order valence-corrected chi connectivity index (χ3v) is 7.48. The fourth-order valence-electron chi connectivity index (χ4n) is 3.31. The average Bonchev–Trinajstić information content (AvgIpc) is 2.55. The van der Waals surface area contributed by atoms with E-state index in [9.17, 15) is 0 Å². The highest BCUT2D eigenvalue weighted by molar-refractivity contribution is 6.61. The van der Waals surface area contributed by atoms with E-state index in [4.69, 9.17) is 13.3 Å². The second kappa shape index (κ2) is 7.00. The molecule has 0 saturated carbocycles. The summed E-state index contributed by atoms with van der Waals surface area (Å²) in [5.41, 5.74) is -0.0105. The van der Waals surface area contributed by atoms with Gasteiger partial charge in [-0.15, -0.1) is 0 Å². The van der Waals surface area contributed by atoms with Crippen LogP contribution in [0.2, 0.25) is 6.04 Å². The van der Waals surface area contributed by atoms with E-state index < -0.39 is 8.80 Å². The molecule has 1 fully saturated rings. The van der Waals surface area contributed by atoms with Gasteiger partial charge in [-0.3, -0.25) is 4.90 Å². The van der Waals surface area contributed by atoms with Crippen molar-refractivity contribution < 1.29 is 13.3 Å². The van der Waals surface area contributed by atoms with Crippen molar-refractivity contribution in [3.05, 3.63) is 24.3 Å². The van der Waals surface area contributed by atoms with E-state index in [1.807, 2.05) is 0 Å². The summed E-state index contributed by atoms with van der Waals surface area (Å²) in [6, 6.07) is 0.810. The first-order valence-corrected chi connectivity index (χ1v) is 9.38. The second-order valence-electron chi connectivity index (χ2n) is 5.61. The molecular formula is C15H27NO3Si. The summed E-state index contributed by atoms with van der Waals surface area (Å²) in [5.74, 6) is 0. The van der Waals surface area contributed by atoms with Crippen molar-refractivity contribution in [1.29, 1.82) is 0 Å². The lowest BCUT2D eigenvalue weighted by Crippen LogP contribution is -2.57. The zero-order valence-corrected chi connectivity index (χ0v) is 13.9. The molecule has 5 heteroatoms. The highest BCUT2D eigenvalue weighted by Crippen LogP contribution is 2.36. The van der Waals surface area contributed by atoms with Crippen LogP contribution in [0.1, 0.15) is 25.7 Å². The zero-order valence-electron chi connectivity index (χ0n) is 12.9. The number of hydrogen-bond acceptors (Lipinski definition) is 4. The molecule has 20 heavy (non-hydrogen) atoms. The molecule has 0 aromatic carbocycles. The summed E-state index contributed by atoms with van der Waals surface area (Å²) in [6.07, 6.45) is 13.7. The highest BCUT2D eigenvalue weighted by Gasteiger charge is 2.49. The van der Waals surface area contributed by atoms with Gasteiger partial charge in [-0.1, -0.05) is 30.7 Å². The molecule has 114 valence electrons. The first-order valence-electron chi connectivity index (χ1n) is 7.45. The van der Waals surface area contributed by atoms with Crippen LogP contribution in [-0.4, -0.2) is 53.7 Å². The van der Waals surface area contributed by atoms with E-state index in [1.165, 1.54) is 19.3 Å². The summed E-state index contributed by atoms with van der Waals surface area (Å²) in [7, 11) is 2.51. The van der Waals surface area contributed by atoms with Gasteiger partial charge >= 0.3 is 8.80 Å². The molecule has 1 aliphatic carbocycles. The van der Waals surface area contributed by atoms with Crippen LogP contribution in [0.5, 0.6) is 0 Å². The smallest absolute Gasteiger partial charge is 0.377 e. The number of hydrogen-bond donors (Lipinski definition) is 0. The second-order valence-corrected chi connectivity index (χ2v) is 8.56. The first kappa shape index (κ1) is 15.9. The summed E-state index contributed by atoms with van der Waals surface area (Å²) in [6.45, 7) is 2.31. The molecule has 0 N–H and O–H groups in total. The summed E-state index contributed by atoms with van der Waals surface area (Å²) >= 11 is 0. The van der Waals surface area contributed by atoms with E-state index in [0.717, 1.165) is 25.6 Å². The lowest BCUT2D eigenvalue weighted by atomic mass is 9.89. The predicted octanol–water partition coefficient (Wildman–Crippen LogP) is 2.61. The maximum atomic E-state index is 5.66. The Bertz CT molecular complexity index is 354. The quantitative estimate of drug-likeness (QED) is 0.705. The van der Waals surface area contributed by atoms with E-state index in [-0.39, 0.29) is 5.54 Å². The minimum Gasteiger partial charge on any atom is -0.377 e. The van der Waals surface area contributed by atoms with Crippen LogP contribution in [-0.2, 0) is 13.3 Å². The topological polar surface area (TPSA) is 30.9 Å². The van der Waals surface area contributed by atoms with E-state index in [1.54, 1.807) is 21.3 Å². The van der Waals surface area contributed by atoms with Gasteiger partial charge in [0, 0.05) is 32.9 Å². The van der Waals surface area contributed by atoms with E-state index in [2.05, 4.69) is 29.2 Å². The third-order valence-electron chi connectivity index (χ3n) is 4.57. The SMILES string of the molecule is CO[Si](CC1(N2CCCCC2)C=CC=CC1)(OC)OC. The number of piperidine rings is 1. The van der Waals surface area contributed by atoms with Crippen molar-refractivity contribution in [3.63, 3.8) is 0 Å². The summed E-state index contributed by atoms with van der Waals surface area (Å²) in [4.78, 5) is 2.59.